The molecule has 220 valence electrons. The van der Waals surface area contributed by atoms with Crippen LogP contribution in [0.3, 0.4) is 0 Å². The molecule has 43 heavy (non-hydrogen) atoms. The highest BCUT2D eigenvalue weighted by Gasteiger charge is 2.45. The van der Waals surface area contributed by atoms with Crippen molar-refractivity contribution in [2.24, 2.45) is 4.99 Å². The highest BCUT2D eigenvalue weighted by molar-refractivity contribution is 7.07. The third kappa shape index (κ3) is 6.09. The van der Waals surface area contributed by atoms with Crippen molar-refractivity contribution in [3.63, 3.8) is 0 Å². The van der Waals surface area contributed by atoms with Crippen LogP contribution in [0.25, 0.3) is 22.8 Å². The minimum atomic E-state index is -4.75. The molecule has 8 nitrogen and oxygen atoms in total. The molecule has 12 heteroatoms. The van der Waals surface area contributed by atoms with Gasteiger partial charge in [0.1, 0.15) is 12.1 Å². The number of aromatic nitrogens is 4. The molecule has 0 aliphatic heterocycles. The van der Waals surface area contributed by atoms with Crippen LogP contribution in [0.2, 0.25) is 0 Å². The van der Waals surface area contributed by atoms with Crippen molar-refractivity contribution in [1.82, 2.24) is 24.6 Å². The van der Waals surface area contributed by atoms with Gasteiger partial charge >= 0.3 is 12.4 Å². The third-order valence-corrected chi connectivity index (χ3v) is 8.25. The second-order valence-electron chi connectivity index (χ2n) is 10.2. The summed E-state index contributed by atoms with van der Waals surface area (Å²) >= 11 is 1.43. The maximum absolute atomic E-state index is 13.1. The van der Waals surface area contributed by atoms with Crippen molar-refractivity contribution >= 4 is 17.4 Å². The fourth-order valence-corrected chi connectivity index (χ4v) is 5.85. The topological polar surface area (TPSA) is 86.3 Å². The molecule has 0 radical (unpaired) electrons. The van der Waals surface area contributed by atoms with Gasteiger partial charge in [0.25, 0.3) is 0 Å². The van der Waals surface area contributed by atoms with E-state index in [1.54, 1.807) is 0 Å². The number of carbonyl (C=O) groups is 1. The number of para-hydroxylation sites is 1. The Hall–Kier alpha value is -4.71. The summed E-state index contributed by atoms with van der Waals surface area (Å²) in [7, 11) is 0. The Morgan fingerprint density at radius 1 is 1.07 bits per heavy atom. The van der Waals surface area contributed by atoms with Gasteiger partial charge in [0.15, 0.2) is 10.6 Å². The average Bonchev–Trinajstić information content (AvgIpc) is 3.43. The number of urea groups is 1. The van der Waals surface area contributed by atoms with Gasteiger partial charge in [-0.3, -0.25) is 4.57 Å². The van der Waals surface area contributed by atoms with Gasteiger partial charge < -0.3 is 10.1 Å². The van der Waals surface area contributed by atoms with Crippen molar-refractivity contribution in [2.75, 3.05) is 0 Å². The van der Waals surface area contributed by atoms with E-state index in [9.17, 15) is 18.0 Å². The van der Waals surface area contributed by atoms with Crippen LogP contribution < -0.4 is 14.9 Å². The number of hydrogen-bond acceptors (Lipinski definition) is 5. The number of halogens is 3. The van der Waals surface area contributed by atoms with E-state index in [4.69, 9.17) is 0 Å². The maximum Gasteiger partial charge on any atom is 0.573 e. The van der Waals surface area contributed by atoms with Gasteiger partial charge in [0.05, 0.1) is 16.9 Å². The molecular weight excluding hydrogens is 577 g/mol. The minimum absolute atomic E-state index is 0.312. The summed E-state index contributed by atoms with van der Waals surface area (Å²) in [5.74, 6) is 0.142. The van der Waals surface area contributed by atoms with Gasteiger partial charge in [0, 0.05) is 16.6 Å². The molecule has 1 aliphatic carbocycles. The number of alkyl halides is 3. The lowest BCUT2D eigenvalue weighted by Crippen LogP contribution is -2.34. The van der Waals surface area contributed by atoms with Crippen LogP contribution in [0.4, 0.5) is 18.0 Å². The summed E-state index contributed by atoms with van der Waals surface area (Å²) in [4.78, 5) is 22.5. The Morgan fingerprint density at radius 3 is 2.47 bits per heavy atom. The summed E-state index contributed by atoms with van der Waals surface area (Å²) in [6.45, 7) is 4.11. The second kappa shape index (κ2) is 11.2. The Bertz CT molecular complexity index is 1830. The quantitative estimate of drug-likeness (QED) is 0.220. The van der Waals surface area contributed by atoms with Crippen molar-refractivity contribution < 1.29 is 22.7 Å². The van der Waals surface area contributed by atoms with Crippen molar-refractivity contribution in [2.45, 2.75) is 45.0 Å². The van der Waals surface area contributed by atoms with Crippen LogP contribution in [0.1, 0.15) is 36.6 Å². The molecule has 0 saturated heterocycles. The lowest BCUT2D eigenvalue weighted by atomic mass is 10.0. The number of ether oxygens (including phenoxy) is 1. The number of amides is 2. The summed E-state index contributed by atoms with van der Waals surface area (Å²) in [5.41, 5.74) is 4.99. The number of nitrogens with zero attached hydrogens (tertiary/aromatic N) is 5. The number of nitrogens with one attached hydrogen (secondary N) is 1. The van der Waals surface area contributed by atoms with E-state index in [-0.39, 0.29) is 5.75 Å². The summed E-state index contributed by atoms with van der Waals surface area (Å²) < 4.78 is 44.7. The predicted molar refractivity (Wildman–Crippen MR) is 156 cm³/mol. The van der Waals surface area contributed by atoms with Crippen LogP contribution in [0.15, 0.2) is 89.5 Å². The zero-order valence-corrected chi connectivity index (χ0v) is 24.1. The number of benzene rings is 3. The third-order valence-electron chi connectivity index (χ3n) is 7.31. The SMILES string of the molecule is CCc1ccccc1-n1c(C)csc1=NC(=O)NC1(c2ccc(-c3ncn(-c4ccc(OC(F)(F)F)cc4)n3)cc2)CC1. The highest BCUT2D eigenvalue weighted by Crippen LogP contribution is 2.45. The number of rotatable bonds is 7. The Kier molecular flexibility index (Phi) is 7.38. The number of carbonyl (C=O) groups excluding carboxylic acids is 1. The minimum Gasteiger partial charge on any atom is -0.406 e. The Balaban J connectivity index is 1.17. The molecule has 5 aromatic rings. The Morgan fingerprint density at radius 2 is 1.79 bits per heavy atom. The molecule has 1 saturated carbocycles. The number of aryl methyl sites for hydroxylation is 2. The van der Waals surface area contributed by atoms with E-state index >= 15 is 0 Å². The van der Waals surface area contributed by atoms with Gasteiger partial charge in [0.2, 0.25) is 0 Å². The smallest absolute Gasteiger partial charge is 0.406 e. The van der Waals surface area contributed by atoms with E-state index < -0.39 is 17.9 Å². The molecule has 3 aromatic carbocycles. The molecule has 1 aliphatic rings. The number of hydrogen-bond donors (Lipinski definition) is 1. The Labute approximate surface area is 249 Å². The molecule has 1 fully saturated rings. The van der Waals surface area contributed by atoms with Crippen LogP contribution in [-0.4, -0.2) is 31.7 Å². The zero-order chi connectivity index (χ0) is 30.2. The molecule has 0 atom stereocenters. The molecule has 0 bridgehead atoms. The summed E-state index contributed by atoms with van der Waals surface area (Å²) in [6, 6.07) is 20.8. The molecule has 2 amide bonds. The molecule has 1 N–H and O–H groups in total. The highest BCUT2D eigenvalue weighted by atomic mass is 32.1. The van der Waals surface area contributed by atoms with Crippen molar-refractivity contribution in [3.8, 4) is 28.5 Å². The lowest BCUT2D eigenvalue weighted by molar-refractivity contribution is -0.274. The predicted octanol–water partition coefficient (Wildman–Crippen LogP) is 6.86. The monoisotopic (exact) mass is 604 g/mol. The fraction of sp³-hybridized carbons (Fsp3) is 0.226. The summed E-state index contributed by atoms with van der Waals surface area (Å²) in [6.07, 6.45) is -0.789. The van der Waals surface area contributed by atoms with Crippen molar-refractivity contribution in [1.29, 1.82) is 0 Å². The van der Waals surface area contributed by atoms with E-state index in [0.717, 1.165) is 41.8 Å². The largest absolute Gasteiger partial charge is 0.573 e. The van der Waals surface area contributed by atoms with E-state index in [1.165, 1.54) is 52.2 Å². The first kappa shape index (κ1) is 28.4. The molecule has 2 heterocycles. The molecule has 0 unspecified atom stereocenters. The maximum atomic E-state index is 13.1. The van der Waals surface area contributed by atoms with Gasteiger partial charge in [-0.05, 0) is 67.6 Å². The normalized spacial score (nSPS) is 14.5. The van der Waals surface area contributed by atoms with Crippen LogP contribution in [-0.2, 0) is 12.0 Å². The first-order valence-electron chi connectivity index (χ1n) is 13.7. The first-order chi connectivity index (χ1) is 20.6. The zero-order valence-electron chi connectivity index (χ0n) is 23.3. The molecule has 0 spiro atoms. The van der Waals surface area contributed by atoms with Crippen molar-refractivity contribution in [3.05, 3.63) is 106 Å². The first-order valence-corrected chi connectivity index (χ1v) is 14.5. The van der Waals surface area contributed by atoms with E-state index in [0.29, 0.717) is 16.3 Å². The van der Waals surface area contributed by atoms with Crippen LogP contribution >= 0.6 is 11.3 Å². The molecule has 2 aromatic heterocycles. The van der Waals surface area contributed by atoms with E-state index in [2.05, 4.69) is 38.1 Å². The van der Waals surface area contributed by atoms with Crippen LogP contribution in [0.5, 0.6) is 5.75 Å². The second-order valence-corrected chi connectivity index (χ2v) is 11.1. The van der Waals surface area contributed by atoms with Gasteiger partial charge in [-0.1, -0.05) is 49.4 Å². The van der Waals surface area contributed by atoms with Gasteiger partial charge in [-0.2, -0.15) is 4.99 Å². The average molecular weight is 605 g/mol. The van der Waals surface area contributed by atoms with Crippen LogP contribution in [0, 0.1) is 6.92 Å². The van der Waals surface area contributed by atoms with Gasteiger partial charge in [-0.25, -0.2) is 14.5 Å². The fourth-order valence-electron chi connectivity index (χ4n) is 4.98. The lowest BCUT2D eigenvalue weighted by Gasteiger charge is -2.16. The number of thiazole rings is 1. The standard InChI is InChI=1S/C31H27F3N6O2S/c1-3-21-6-4-5-7-26(21)40-20(2)18-43-29(40)36-28(41)37-30(16-17-30)23-10-8-22(9-11-23)27-35-19-39(38-27)24-12-14-25(15-13-24)42-31(32,33)34/h4-15,18-19H,3,16-17H2,1-2H3,(H,37,41). The summed E-state index contributed by atoms with van der Waals surface area (Å²) in [5, 5.41) is 9.58. The van der Waals surface area contributed by atoms with Gasteiger partial charge in [-0.15, -0.1) is 29.6 Å². The van der Waals surface area contributed by atoms with E-state index in [1.807, 2.05) is 59.3 Å². The molecular formula is C31H27F3N6O2S. The molecule has 6 rings (SSSR count).